The smallest absolute Gasteiger partial charge is 0.262 e. The van der Waals surface area contributed by atoms with Crippen LogP contribution in [0, 0.1) is 0 Å². The second kappa shape index (κ2) is 9.94. The molecule has 0 bridgehead atoms. The molecule has 0 saturated carbocycles. The molecule has 0 aliphatic rings. The molecule has 0 spiro atoms. The molecule has 158 valence electrons. The summed E-state index contributed by atoms with van der Waals surface area (Å²) in [7, 11) is 0. The number of aromatic nitrogens is 2. The van der Waals surface area contributed by atoms with Gasteiger partial charge in [0.1, 0.15) is 11.2 Å². The standard InChI is InChI=1S/C24H26N5S2/c1-4-28(5-2)19-13-11-18(12-14-19)26-27-24-25-17-20(30-24)15-16-23-29(6-3)21-9-7-8-10-22(21)31-23/h7-17H,4-6H2,1-3H3/q+1. The van der Waals surface area contributed by atoms with Gasteiger partial charge in [-0.15, -0.1) is 10.2 Å². The van der Waals surface area contributed by atoms with Crippen molar-refractivity contribution in [3.63, 3.8) is 0 Å². The number of hydrogen-bond acceptors (Lipinski definition) is 6. The van der Waals surface area contributed by atoms with E-state index in [0.29, 0.717) is 5.13 Å². The Kier molecular flexibility index (Phi) is 6.84. The van der Waals surface area contributed by atoms with Crippen molar-refractivity contribution in [2.24, 2.45) is 10.2 Å². The molecule has 5 nitrogen and oxygen atoms in total. The third-order valence-electron chi connectivity index (χ3n) is 5.08. The second-order valence-corrected chi connectivity index (χ2v) is 9.02. The van der Waals surface area contributed by atoms with E-state index in [1.807, 2.05) is 18.3 Å². The predicted molar refractivity (Wildman–Crippen MR) is 133 cm³/mol. The van der Waals surface area contributed by atoms with Crippen LogP contribution in [0.5, 0.6) is 0 Å². The molecule has 2 aromatic heterocycles. The Morgan fingerprint density at radius 2 is 1.71 bits per heavy atom. The minimum absolute atomic E-state index is 0.659. The zero-order valence-electron chi connectivity index (χ0n) is 18.0. The van der Waals surface area contributed by atoms with Crippen LogP contribution in [0.1, 0.15) is 30.7 Å². The number of nitrogens with zero attached hydrogens (tertiary/aromatic N) is 5. The first-order chi connectivity index (χ1) is 15.2. The zero-order valence-corrected chi connectivity index (χ0v) is 19.7. The van der Waals surface area contributed by atoms with Crippen LogP contribution in [-0.2, 0) is 6.54 Å². The molecule has 2 heterocycles. The third-order valence-corrected chi connectivity index (χ3v) is 7.06. The summed E-state index contributed by atoms with van der Waals surface area (Å²) in [5, 5.41) is 10.6. The van der Waals surface area contributed by atoms with Crippen molar-refractivity contribution in [2.45, 2.75) is 27.3 Å². The highest BCUT2D eigenvalue weighted by atomic mass is 32.1. The third kappa shape index (κ3) is 4.89. The SMILES string of the molecule is CCN(CC)c1ccc(N=Nc2ncc(/C=C/c3sc4ccccc4[n+]3CC)s2)cc1. The van der Waals surface area contributed by atoms with Gasteiger partial charge in [0, 0.05) is 42.0 Å². The second-order valence-electron chi connectivity index (χ2n) is 6.92. The van der Waals surface area contributed by atoms with Crippen LogP contribution in [0.2, 0.25) is 0 Å². The van der Waals surface area contributed by atoms with Crippen LogP contribution >= 0.6 is 22.7 Å². The number of rotatable bonds is 8. The first-order valence-electron chi connectivity index (χ1n) is 10.5. The van der Waals surface area contributed by atoms with Gasteiger partial charge in [0.05, 0.1) is 5.69 Å². The van der Waals surface area contributed by atoms with E-state index in [0.717, 1.165) is 30.2 Å². The van der Waals surface area contributed by atoms with Gasteiger partial charge in [0.25, 0.3) is 5.01 Å². The molecule has 0 amide bonds. The highest BCUT2D eigenvalue weighted by molar-refractivity contribution is 7.19. The van der Waals surface area contributed by atoms with Gasteiger partial charge in [-0.3, -0.25) is 0 Å². The normalized spacial score (nSPS) is 11.8. The summed E-state index contributed by atoms with van der Waals surface area (Å²) in [4.78, 5) is 7.76. The van der Waals surface area contributed by atoms with Gasteiger partial charge in [-0.1, -0.05) is 34.8 Å². The van der Waals surface area contributed by atoms with Gasteiger partial charge in [0.15, 0.2) is 0 Å². The molecule has 31 heavy (non-hydrogen) atoms. The molecule has 0 radical (unpaired) electrons. The molecule has 0 fully saturated rings. The van der Waals surface area contributed by atoms with Crippen LogP contribution < -0.4 is 9.47 Å². The van der Waals surface area contributed by atoms with E-state index in [1.54, 1.807) is 11.3 Å². The van der Waals surface area contributed by atoms with Crippen molar-refractivity contribution in [3.05, 3.63) is 64.6 Å². The molecular formula is C24H26N5S2+. The summed E-state index contributed by atoms with van der Waals surface area (Å²) in [6, 6.07) is 16.7. The lowest BCUT2D eigenvalue weighted by molar-refractivity contribution is -0.665. The summed E-state index contributed by atoms with van der Waals surface area (Å²) in [5.41, 5.74) is 3.31. The van der Waals surface area contributed by atoms with E-state index in [9.17, 15) is 0 Å². The average Bonchev–Trinajstić information content (AvgIpc) is 3.41. The fourth-order valence-electron chi connectivity index (χ4n) is 3.48. The number of hydrogen-bond donors (Lipinski definition) is 0. The van der Waals surface area contributed by atoms with Gasteiger partial charge in [-0.25, -0.2) is 4.98 Å². The first kappa shape index (κ1) is 21.3. The topological polar surface area (TPSA) is 44.7 Å². The van der Waals surface area contributed by atoms with Gasteiger partial charge in [-0.05, 0) is 57.2 Å². The van der Waals surface area contributed by atoms with Gasteiger partial charge in [0.2, 0.25) is 10.6 Å². The van der Waals surface area contributed by atoms with E-state index >= 15 is 0 Å². The molecule has 4 aromatic rings. The Hall–Kier alpha value is -2.90. The zero-order chi connectivity index (χ0) is 21.6. The number of fused-ring (bicyclic) bond motifs is 1. The Balaban J connectivity index is 1.46. The van der Waals surface area contributed by atoms with E-state index < -0.39 is 0 Å². The first-order valence-corrected chi connectivity index (χ1v) is 12.2. The lowest BCUT2D eigenvalue weighted by atomic mass is 10.2. The fourth-order valence-corrected chi connectivity index (χ4v) is 5.24. The van der Waals surface area contributed by atoms with Crippen LogP contribution in [0.15, 0.2) is 65.0 Å². The number of benzene rings is 2. The minimum atomic E-state index is 0.659. The van der Waals surface area contributed by atoms with Gasteiger partial charge in [-0.2, -0.15) is 4.57 Å². The van der Waals surface area contributed by atoms with Crippen molar-refractivity contribution in [3.8, 4) is 0 Å². The van der Waals surface area contributed by atoms with Crippen LogP contribution in [0.3, 0.4) is 0 Å². The van der Waals surface area contributed by atoms with E-state index in [2.05, 4.69) is 94.0 Å². The summed E-state index contributed by atoms with van der Waals surface area (Å²) in [6.45, 7) is 9.43. The molecule has 2 aromatic carbocycles. The lowest BCUT2D eigenvalue weighted by Gasteiger charge is -2.20. The number of para-hydroxylation sites is 1. The highest BCUT2D eigenvalue weighted by Crippen LogP contribution is 2.27. The molecular weight excluding hydrogens is 422 g/mol. The van der Waals surface area contributed by atoms with Crippen LogP contribution in [-0.4, -0.2) is 18.1 Å². The lowest BCUT2D eigenvalue weighted by Crippen LogP contribution is -2.33. The Labute approximate surface area is 191 Å². The maximum Gasteiger partial charge on any atom is 0.262 e. The van der Waals surface area contributed by atoms with Crippen LogP contribution in [0.4, 0.5) is 16.5 Å². The average molecular weight is 449 g/mol. The predicted octanol–water partition coefficient (Wildman–Crippen LogP) is 7.10. The van der Waals surface area contributed by atoms with E-state index in [4.69, 9.17) is 0 Å². The molecule has 0 unspecified atom stereocenters. The maximum absolute atomic E-state index is 4.40. The highest BCUT2D eigenvalue weighted by Gasteiger charge is 2.16. The monoisotopic (exact) mass is 448 g/mol. The molecule has 0 N–H and O–H groups in total. The quantitative estimate of drug-likeness (QED) is 0.213. The summed E-state index contributed by atoms with van der Waals surface area (Å²) >= 11 is 3.34. The van der Waals surface area contributed by atoms with Crippen molar-refractivity contribution in [1.29, 1.82) is 0 Å². The number of anilines is 1. The molecule has 7 heteroatoms. The van der Waals surface area contributed by atoms with Crippen molar-refractivity contribution >= 4 is 61.5 Å². The van der Waals surface area contributed by atoms with Gasteiger partial charge < -0.3 is 4.90 Å². The fraction of sp³-hybridized carbons (Fsp3) is 0.250. The molecule has 4 rings (SSSR count). The summed E-state index contributed by atoms with van der Waals surface area (Å²) < 4.78 is 3.63. The van der Waals surface area contributed by atoms with Crippen LogP contribution in [0.25, 0.3) is 22.4 Å². The van der Waals surface area contributed by atoms with E-state index in [1.165, 1.54) is 32.2 Å². The number of azo groups is 1. The summed E-state index contributed by atoms with van der Waals surface area (Å²) in [6.07, 6.45) is 6.11. The number of thiazole rings is 2. The van der Waals surface area contributed by atoms with Crippen molar-refractivity contribution in [1.82, 2.24) is 4.98 Å². The molecule has 0 aliphatic heterocycles. The molecule has 0 saturated heterocycles. The Morgan fingerprint density at radius 3 is 2.45 bits per heavy atom. The minimum Gasteiger partial charge on any atom is -0.372 e. The number of aryl methyl sites for hydroxylation is 1. The Morgan fingerprint density at radius 1 is 0.935 bits per heavy atom. The summed E-state index contributed by atoms with van der Waals surface area (Å²) in [5.74, 6) is 0. The molecule has 0 atom stereocenters. The van der Waals surface area contributed by atoms with E-state index in [-0.39, 0.29) is 0 Å². The Bertz CT molecular complexity index is 1200. The van der Waals surface area contributed by atoms with Gasteiger partial charge >= 0.3 is 0 Å². The van der Waals surface area contributed by atoms with Crippen molar-refractivity contribution in [2.75, 3.05) is 18.0 Å². The molecule has 0 aliphatic carbocycles. The maximum atomic E-state index is 4.40. The largest absolute Gasteiger partial charge is 0.372 e. The van der Waals surface area contributed by atoms with Crippen molar-refractivity contribution < 1.29 is 4.57 Å².